The largest absolute Gasteiger partial charge is 0.489 e. The van der Waals surface area contributed by atoms with Crippen LogP contribution in [0.1, 0.15) is 28.7 Å². The molecule has 0 fully saturated rings. The highest BCUT2D eigenvalue weighted by Crippen LogP contribution is 2.23. The molecule has 1 N–H and O–H groups in total. The first-order valence-electron chi connectivity index (χ1n) is 6.86. The molecule has 1 aromatic carbocycles. The number of ether oxygens (including phenoxy) is 1. The van der Waals surface area contributed by atoms with Gasteiger partial charge in [0.25, 0.3) is 0 Å². The Labute approximate surface area is 138 Å². The Morgan fingerprint density at radius 3 is 2.90 bits per heavy atom. The Bertz CT molecular complexity index is 553. The van der Waals surface area contributed by atoms with E-state index in [1.807, 2.05) is 23.5 Å². The van der Waals surface area contributed by atoms with Crippen molar-refractivity contribution in [1.29, 1.82) is 0 Å². The summed E-state index contributed by atoms with van der Waals surface area (Å²) in [6.07, 6.45) is 1.17. The zero-order valence-electron chi connectivity index (χ0n) is 11.9. The van der Waals surface area contributed by atoms with Gasteiger partial charge in [0.1, 0.15) is 12.4 Å². The van der Waals surface area contributed by atoms with Crippen LogP contribution in [-0.2, 0) is 13.2 Å². The summed E-state index contributed by atoms with van der Waals surface area (Å²) in [6, 6.07) is 10.4. The lowest BCUT2D eigenvalue weighted by Gasteiger charge is -2.05. The van der Waals surface area contributed by atoms with Crippen molar-refractivity contribution < 1.29 is 4.74 Å². The van der Waals surface area contributed by atoms with Crippen molar-refractivity contribution in [3.8, 4) is 5.75 Å². The summed E-state index contributed by atoms with van der Waals surface area (Å²) >= 11 is 4.16. The molecule has 0 unspecified atom stereocenters. The normalized spacial score (nSPS) is 10.8. The maximum Gasteiger partial charge on any atom is 0.120 e. The molecule has 1 heterocycles. The van der Waals surface area contributed by atoms with E-state index in [2.05, 4.69) is 60.0 Å². The molecular weight excluding hydrogens is 381 g/mol. The second-order valence-corrected chi connectivity index (χ2v) is 7.30. The second kappa shape index (κ2) is 8.00. The Kier molecular flexibility index (Phi) is 6.32. The summed E-state index contributed by atoms with van der Waals surface area (Å²) in [4.78, 5) is 2.74. The van der Waals surface area contributed by atoms with Gasteiger partial charge in [0, 0.05) is 25.4 Å². The molecule has 20 heavy (non-hydrogen) atoms. The van der Waals surface area contributed by atoms with E-state index in [1.165, 1.54) is 25.3 Å². The van der Waals surface area contributed by atoms with Gasteiger partial charge in [-0.1, -0.05) is 13.0 Å². The number of aryl methyl sites for hydroxylation is 1. The smallest absolute Gasteiger partial charge is 0.120 e. The molecule has 0 spiro atoms. The predicted octanol–water partition coefficient (Wildman–Crippen LogP) is 4.74. The van der Waals surface area contributed by atoms with Crippen LogP contribution in [-0.4, -0.2) is 6.54 Å². The van der Waals surface area contributed by atoms with Crippen LogP contribution in [0.25, 0.3) is 0 Å². The third-order valence-electron chi connectivity index (χ3n) is 2.99. The Morgan fingerprint density at radius 2 is 2.15 bits per heavy atom. The standard InChI is InChI=1S/C16H20INOS/c1-3-7-18-10-16-8-13(12(2)20-16)11-19-15-6-4-5-14(17)9-15/h4-6,8-9,18H,3,7,10-11H2,1-2H3. The zero-order chi connectivity index (χ0) is 14.4. The lowest BCUT2D eigenvalue weighted by molar-refractivity contribution is 0.306. The van der Waals surface area contributed by atoms with Gasteiger partial charge in [-0.15, -0.1) is 11.3 Å². The number of benzene rings is 1. The summed E-state index contributed by atoms with van der Waals surface area (Å²) in [5.41, 5.74) is 1.29. The van der Waals surface area contributed by atoms with Crippen molar-refractivity contribution >= 4 is 33.9 Å². The molecule has 0 radical (unpaired) electrons. The van der Waals surface area contributed by atoms with E-state index in [0.29, 0.717) is 6.61 Å². The SMILES string of the molecule is CCCNCc1cc(COc2cccc(I)c2)c(C)s1. The van der Waals surface area contributed by atoms with Gasteiger partial charge in [-0.3, -0.25) is 0 Å². The number of nitrogens with one attached hydrogen (secondary N) is 1. The van der Waals surface area contributed by atoms with Gasteiger partial charge >= 0.3 is 0 Å². The van der Waals surface area contributed by atoms with Gasteiger partial charge in [-0.2, -0.15) is 0 Å². The number of hydrogen-bond donors (Lipinski definition) is 1. The summed E-state index contributed by atoms with van der Waals surface area (Å²) in [7, 11) is 0. The third-order valence-corrected chi connectivity index (χ3v) is 4.75. The van der Waals surface area contributed by atoms with Gasteiger partial charge in [-0.25, -0.2) is 0 Å². The number of hydrogen-bond acceptors (Lipinski definition) is 3. The van der Waals surface area contributed by atoms with E-state index < -0.39 is 0 Å². The fraction of sp³-hybridized carbons (Fsp3) is 0.375. The van der Waals surface area contributed by atoms with Crippen molar-refractivity contribution in [2.45, 2.75) is 33.4 Å². The summed E-state index contributed by atoms with van der Waals surface area (Å²) in [5.74, 6) is 0.938. The Balaban J connectivity index is 1.92. The molecule has 0 saturated carbocycles. The van der Waals surface area contributed by atoms with Gasteiger partial charge in [0.15, 0.2) is 0 Å². The van der Waals surface area contributed by atoms with E-state index >= 15 is 0 Å². The molecule has 2 rings (SSSR count). The van der Waals surface area contributed by atoms with Crippen LogP contribution in [0.15, 0.2) is 30.3 Å². The molecule has 1 aromatic heterocycles. The topological polar surface area (TPSA) is 21.3 Å². The number of halogens is 1. The quantitative estimate of drug-likeness (QED) is 0.535. The van der Waals surface area contributed by atoms with Gasteiger partial charge in [0.2, 0.25) is 0 Å². The lowest BCUT2D eigenvalue weighted by atomic mass is 10.2. The van der Waals surface area contributed by atoms with Crippen LogP contribution < -0.4 is 10.1 Å². The molecule has 2 nitrogen and oxygen atoms in total. The lowest BCUT2D eigenvalue weighted by Crippen LogP contribution is -2.12. The molecule has 2 aromatic rings. The third kappa shape index (κ3) is 4.75. The van der Waals surface area contributed by atoms with Crippen molar-refractivity contribution in [1.82, 2.24) is 5.32 Å². The molecule has 0 saturated heterocycles. The van der Waals surface area contributed by atoms with Crippen LogP contribution in [0.5, 0.6) is 5.75 Å². The molecular formula is C16H20INOS. The summed E-state index contributed by atoms with van der Waals surface area (Å²) in [6.45, 7) is 7.04. The van der Waals surface area contributed by atoms with Crippen LogP contribution >= 0.6 is 33.9 Å². The van der Waals surface area contributed by atoms with E-state index in [4.69, 9.17) is 4.74 Å². The minimum atomic E-state index is 0.649. The Morgan fingerprint density at radius 1 is 1.30 bits per heavy atom. The second-order valence-electron chi connectivity index (χ2n) is 4.72. The maximum atomic E-state index is 5.87. The van der Waals surface area contributed by atoms with Gasteiger partial charge in [-0.05, 0) is 66.7 Å². The maximum absolute atomic E-state index is 5.87. The molecule has 0 aliphatic heterocycles. The fourth-order valence-corrected chi connectivity index (χ4v) is 3.46. The first-order chi connectivity index (χ1) is 9.69. The highest BCUT2D eigenvalue weighted by Gasteiger charge is 2.06. The van der Waals surface area contributed by atoms with Crippen molar-refractivity contribution in [2.75, 3.05) is 6.54 Å². The first kappa shape index (κ1) is 15.8. The number of thiophene rings is 1. The predicted molar refractivity (Wildman–Crippen MR) is 94.5 cm³/mol. The summed E-state index contributed by atoms with van der Waals surface area (Å²) in [5, 5.41) is 3.44. The van der Waals surface area contributed by atoms with Crippen molar-refractivity contribution in [3.63, 3.8) is 0 Å². The molecule has 108 valence electrons. The Hall–Kier alpha value is -0.590. The highest BCUT2D eigenvalue weighted by atomic mass is 127. The minimum Gasteiger partial charge on any atom is -0.489 e. The van der Waals surface area contributed by atoms with E-state index in [-0.39, 0.29) is 0 Å². The van der Waals surface area contributed by atoms with Crippen molar-refractivity contribution in [3.05, 3.63) is 49.2 Å². The number of rotatable bonds is 7. The van der Waals surface area contributed by atoms with Crippen molar-refractivity contribution in [2.24, 2.45) is 0 Å². The van der Waals surface area contributed by atoms with Gasteiger partial charge in [0.05, 0.1) is 0 Å². The van der Waals surface area contributed by atoms with E-state index in [9.17, 15) is 0 Å². The molecule has 0 amide bonds. The minimum absolute atomic E-state index is 0.649. The summed E-state index contributed by atoms with van der Waals surface area (Å²) < 4.78 is 7.07. The average molecular weight is 401 g/mol. The van der Waals surface area contributed by atoms with Crippen LogP contribution in [0, 0.1) is 10.5 Å². The van der Waals surface area contributed by atoms with E-state index in [0.717, 1.165) is 18.8 Å². The van der Waals surface area contributed by atoms with E-state index in [1.54, 1.807) is 0 Å². The van der Waals surface area contributed by atoms with Crippen LogP contribution in [0.2, 0.25) is 0 Å². The average Bonchev–Trinajstić information content (AvgIpc) is 2.77. The zero-order valence-corrected chi connectivity index (χ0v) is 14.9. The molecule has 0 atom stereocenters. The van der Waals surface area contributed by atoms with Crippen LogP contribution in [0.4, 0.5) is 0 Å². The van der Waals surface area contributed by atoms with Gasteiger partial charge < -0.3 is 10.1 Å². The highest BCUT2D eigenvalue weighted by molar-refractivity contribution is 14.1. The molecule has 0 bridgehead atoms. The molecule has 0 aliphatic rings. The first-order valence-corrected chi connectivity index (χ1v) is 8.76. The fourth-order valence-electron chi connectivity index (χ4n) is 1.92. The molecule has 4 heteroatoms. The molecule has 0 aliphatic carbocycles. The monoisotopic (exact) mass is 401 g/mol. The van der Waals surface area contributed by atoms with Crippen LogP contribution in [0.3, 0.4) is 0 Å².